The zero-order chi connectivity index (χ0) is 20.3. The molecule has 1 heterocycles. The molecule has 0 atom stereocenters. The number of carbonyl (C=O) groups excluding carboxylic acids is 1. The number of carbonyl (C=O) groups is 1. The van der Waals surface area contributed by atoms with Crippen LogP contribution in [0.15, 0.2) is 36.4 Å². The van der Waals surface area contributed by atoms with Crippen molar-refractivity contribution in [1.29, 1.82) is 0 Å². The lowest BCUT2D eigenvalue weighted by Crippen LogP contribution is -2.44. The van der Waals surface area contributed by atoms with Crippen molar-refractivity contribution in [3.63, 3.8) is 0 Å². The smallest absolute Gasteiger partial charge is 0.235 e. The third-order valence-corrected chi connectivity index (χ3v) is 5.42. The van der Waals surface area contributed by atoms with Gasteiger partial charge in [0.15, 0.2) is 0 Å². The second-order valence-electron chi connectivity index (χ2n) is 8.12. The van der Waals surface area contributed by atoms with Crippen molar-refractivity contribution >= 4 is 11.6 Å². The molecule has 1 aliphatic heterocycles. The van der Waals surface area contributed by atoms with Gasteiger partial charge >= 0.3 is 0 Å². The summed E-state index contributed by atoms with van der Waals surface area (Å²) in [5, 5.41) is 3.18. The van der Waals surface area contributed by atoms with E-state index < -0.39 is 5.41 Å². The number of ether oxygens (including phenoxy) is 2. The Morgan fingerprint density at radius 1 is 1.07 bits per heavy atom. The predicted octanol–water partition coefficient (Wildman–Crippen LogP) is 5.09. The highest BCUT2D eigenvalue weighted by Gasteiger charge is 2.41. The van der Waals surface area contributed by atoms with Crippen LogP contribution in [-0.4, -0.2) is 25.2 Å². The van der Waals surface area contributed by atoms with Crippen molar-refractivity contribution in [1.82, 2.24) is 0 Å². The van der Waals surface area contributed by atoms with E-state index in [4.69, 9.17) is 9.47 Å². The van der Waals surface area contributed by atoms with Gasteiger partial charge < -0.3 is 14.8 Å². The molecular weight excluding hydrogens is 350 g/mol. The topological polar surface area (TPSA) is 47.6 Å². The zero-order valence-corrected chi connectivity index (χ0v) is 17.6. The number of rotatable bonds is 5. The van der Waals surface area contributed by atoms with E-state index >= 15 is 0 Å². The fourth-order valence-electron chi connectivity index (χ4n) is 4.00. The molecule has 0 aliphatic carbocycles. The molecule has 4 heteroatoms. The summed E-state index contributed by atoms with van der Waals surface area (Å²) in [6.07, 6.45) is 1.49. The molecule has 3 rings (SSSR count). The van der Waals surface area contributed by atoms with Gasteiger partial charge in [0.05, 0.1) is 11.5 Å². The van der Waals surface area contributed by atoms with Crippen molar-refractivity contribution in [2.45, 2.75) is 59.0 Å². The monoisotopic (exact) mass is 381 g/mol. The van der Waals surface area contributed by atoms with Crippen LogP contribution in [0.4, 0.5) is 5.69 Å². The number of nitrogens with one attached hydrogen (secondary N) is 1. The first kappa shape index (κ1) is 20.4. The molecule has 2 aromatic rings. The predicted molar refractivity (Wildman–Crippen MR) is 113 cm³/mol. The molecule has 1 aliphatic rings. The van der Waals surface area contributed by atoms with E-state index in [0.29, 0.717) is 26.1 Å². The van der Waals surface area contributed by atoms with Gasteiger partial charge in [-0.25, -0.2) is 0 Å². The highest BCUT2D eigenvalue weighted by molar-refractivity contribution is 5.99. The SMILES string of the molecule is Cc1cccc(C2(C(=O)Nc3cc(C)c(OC(C)C)c(C)c3)CCOCC2)c1. The van der Waals surface area contributed by atoms with E-state index in [1.807, 2.05) is 45.9 Å². The molecule has 0 bridgehead atoms. The van der Waals surface area contributed by atoms with Crippen LogP contribution in [-0.2, 0) is 14.9 Å². The minimum Gasteiger partial charge on any atom is -0.490 e. The van der Waals surface area contributed by atoms with Gasteiger partial charge in [-0.1, -0.05) is 29.8 Å². The molecule has 0 aromatic heterocycles. The van der Waals surface area contributed by atoms with Gasteiger partial charge in [0.25, 0.3) is 0 Å². The first-order valence-electron chi connectivity index (χ1n) is 10.1. The molecule has 0 spiro atoms. The van der Waals surface area contributed by atoms with Crippen LogP contribution in [0.1, 0.15) is 48.9 Å². The summed E-state index contributed by atoms with van der Waals surface area (Å²) in [6.45, 7) is 11.3. The number of aryl methyl sites for hydroxylation is 3. The molecule has 1 N–H and O–H groups in total. The summed E-state index contributed by atoms with van der Waals surface area (Å²) in [5.74, 6) is 0.935. The minimum atomic E-state index is -0.556. The molecule has 28 heavy (non-hydrogen) atoms. The van der Waals surface area contributed by atoms with Gasteiger partial charge in [0, 0.05) is 18.9 Å². The molecule has 0 unspecified atom stereocenters. The minimum absolute atomic E-state index is 0.0396. The summed E-state index contributed by atoms with van der Waals surface area (Å²) in [4.78, 5) is 13.5. The van der Waals surface area contributed by atoms with E-state index in [1.165, 1.54) is 0 Å². The number of anilines is 1. The first-order chi connectivity index (χ1) is 13.3. The summed E-state index contributed by atoms with van der Waals surface area (Å²) in [7, 11) is 0. The van der Waals surface area contributed by atoms with Crippen LogP contribution in [0.3, 0.4) is 0 Å². The summed E-state index contributed by atoms with van der Waals surface area (Å²) >= 11 is 0. The third kappa shape index (κ3) is 4.22. The largest absolute Gasteiger partial charge is 0.490 e. The number of benzene rings is 2. The zero-order valence-electron chi connectivity index (χ0n) is 17.6. The molecule has 150 valence electrons. The highest BCUT2D eigenvalue weighted by Crippen LogP contribution is 2.37. The first-order valence-corrected chi connectivity index (χ1v) is 10.1. The number of amides is 1. The molecule has 1 fully saturated rings. The van der Waals surface area contributed by atoms with Crippen LogP contribution in [0, 0.1) is 20.8 Å². The van der Waals surface area contributed by atoms with E-state index in [-0.39, 0.29) is 12.0 Å². The maximum absolute atomic E-state index is 13.5. The highest BCUT2D eigenvalue weighted by atomic mass is 16.5. The van der Waals surface area contributed by atoms with E-state index in [1.54, 1.807) is 0 Å². The molecule has 2 aromatic carbocycles. The van der Waals surface area contributed by atoms with Crippen LogP contribution < -0.4 is 10.1 Å². The normalized spacial score (nSPS) is 16.1. The average molecular weight is 382 g/mol. The Labute approximate surface area is 168 Å². The van der Waals surface area contributed by atoms with Crippen LogP contribution in [0.2, 0.25) is 0 Å². The Morgan fingerprint density at radius 2 is 1.71 bits per heavy atom. The molecule has 1 saturated heterocycles. The summed E-state index contributed by atoms with van der Waals surface area (Å²) < 4.78 is 11.5. The van der Waals surface area contributed by atoms with Crippen molar-refractivity contribution in [2.24, 2.45) is 0 Å². The van der Waals surface area contributed by atoms with E-state index in [2.05, 4.69) is 30.4 Å². The lowest BCUT2D eigenvalue weighted by atomic mass is 9.73. The Hall–Kier alpha value is -2.33. The Morgan fingerprint density at radius 3 is 2.29 bits per heavy atom. The Bertz CT molecular complexity index is 828. The second-order valence-corrected chi connectivity index (χ2v) is 8.12. The third-order valence-electron chi connectivity index (χ3n) is 5.42. The average Bonchev–Trinajstić information content (AvgIpc) is 2.65. The van der Waals surface area contributed by atoms with Gasteiger partial charge in [-0.2, -0.15) is 0 Å². The molecule has 4 nitrogen and oxygen atoms in total. The Kier molecular flexibility index (Phi) is 6.09. The lowest BCUT2D eigenvalue weighted by molar-refractivity contribution is -0.125. The molecule has 0 radical (unpaired) electrons. The van der Waals surface area contributed by atoms with Gasteiger partial charge in [0.2, 0.25) is 5.91 Å². The van der Waals surface area contributed by atoms with Gasteiger partial charge in [-0.15, -0.1) is 0 Å². The Balaban J connectivity index is 1.91. The lowest BCUT2D eigenvalue weighted by Gasteiger charge is -2.36. The number of hydrogen-bond donors (Lipinski definition) is 1. The molecule has 0 saturated carbocycles. The van der Waals surface area contributed by atoms with Crippen molar-refractivity contribution < 1.29 is 14.3 Å². The number of hydrogen-bond acceptors (Lipinski definition) is 3. The van der Waals surface area contributed by atoms with Crippen LogP contribution in [0.5, 0.6) is 5.75 Å². The van der Waals surface area contributed by atoms with Crippen molar-refractivity contribution in [3.05, 3.63) is 58.7 Å². The van der Waals surface area contributed by atoms with Gasteiger partial charge in [-0.3, -0.25) is 4.79 Å². The molecule has 1 amide bonds. The van der Waals surface area contributed by atoms with Crippen molar-refractivity contribution in [2.75, 3.05) is 18.5 Å². The van der Waals surface area contributed by atoms with Crippen molar-refractivity contribution in [3.8, 4) is 5.75 Å². The van der Waals surface area contributed by atoms with E-state index in [0.717, 1.165) is 33.7 Å². The van der Waals surface area contributed by atoms with Crippen LogP contribution >= 0.6 is 0 Å². The summed E-state index contributed by atoms with van der Waals surface area (Å²) in [6, 6.07) is 12.3. The maximum atomic E-state index is 13.5. The summed E-state index contributed by atoms with van der Waals surface area (Å²) in [5.41, 5.74) is 4.55. The second kappa shape index (κ2) is 8.36. The fourth-order valence-corrected chi connectivity index (χ4v) is 4.00. The standard InChI is InChI=1S/C24H31NO3/c1-16(2)28-22-18(4)14-21(15-19(22)5)25-23(26)24(9-11-27-12-10-24)20-8-6-7-17(3)13-20/h6-8,13-16H,9-12H2,1-5H3,(H,25,26). The van der Waals surface area contributed by atoms with Crippen LogP contribution in [0.25, 0.3) is 0 Å². The quantitative estimate of drug-likeness (QED) is 0.785. The van der Waals surface area contributed by atoms with Gasteiger partial charge in [-0.05, 0) is 76.3 Å². The fraction of sp³-hybridized carbons (Fsp3) is 0.458. The van der Waals surface area contributed by atoms with E-state index in [9.17, 15) is 4.79 Å². The molecular formula is C24H31NO3. The maximum Gasteiger partial charge on any atom is 0.235 e. The van der Waals surface area contributed by atoms with Gasteiger partial charge in [0.1, 0.15) is 5.75 Å².